The van der Waals surface area contributed by atoms with E-state index in [2.05, 4.69) is 30.6 Å². The van der Waals surface area contributed by atoms with Crippen LogP contribution in [0.3, 0.4) is 0 Å². The maximum Gasteiger partial charge on any atom is 0.242 e. The van der Waals surface area contributed by atoms with Gasteiger partial charge in [-0.1, -0.05) is 6.07 Å². The van der Waals surface area contributed by atoms with Crippen molar-refractivity contribution < 1.29 is 8.42 Å². The van der Waals surface area contributed by atoms with Gasteiger partial charge in [0.25, 0.3) is 0 Å². The van der Waals surface area contributed by atoms with Gasteiger partial charge in [0.05, 0.1) is 11.4 Å². The summed E-state index contributed by atoms with van der Waals surface area (Å²) in [6.45, 7) is 2.22. The first kappa shape index (κ1) is 15.2. The molecule has 108 valence electrons. The summed E-state index contributed by atoms with van der Waals surface area (Å²) in [4.78, 5) is 7.00. The molecule has 0 aliphatic heterocycles. The van der Waals surface area contributed by atoms with Crippen LogP contribution in [-0.2, 0) is 23.1 Å². The highest BCUT2D eigenvalue weighted by Gasteiger charge is 2.19. The Morgan fingerprint density at radius 3 is 2.80 bits per heavy atom. The van der Waals surface area contributed by atoms with Crippen molar-refractivity contribution in [3.63, 3.8) is 0 Å². The number of halogens is 1. The smallest absolute Gasteiger partial charge is 0.242 e. The number of rotatable bonds is 5. The largest absolute Gasteiger partial charge is 0.347 e. The average Bonchev–Trinajstić information content (AvgIpc) is 2.92. The molecule has 4 N–H and O–H groups in total. The molecule has 0 bridgehead atoms. The van der Waals surface area contributed by atoms with Crippen molar-refractivity contribution in [2.24, 2.45) is 5.73 Å². The van der Waals surface area contributed by atoms with Gasteiger partial charge in [-0.3, -0.25) is 0 Å². The van der Waals surface area contributed by atoms with E-state index in [1.165, 1.54) is 0 Å². The molecule has 1 aromatic heterocycles. The van der Waals surface area contributed by atoms with Crippen LogP contribution >= 0.6 is 15.9 Å². The molecule has 0 spiro atoms. The predicted molar refractivity (Wildman–Crippen MR) is 79.4 cm³/mol. The quantitative estimate of drug-likeness (QED) is 0.752. The lowest BCUT2D eigenvalue weighted by Gasteiger charge is -2.11. The van der Waals surface area contributed by atoms with Crippen molar-refractivity contribution in [1.29, 1.82) is 0 Å². The number of hydrogen-bond acceptors (Lipinski definition) is 4. The number of nitrogens with one attached hydrogen (secondary N) is 2. The normalized spacial score (nSPS) is 11.8. The van der Waals surface area contributed by atoms with E-state index in [9.17, 15) is 8.42 Å². The molecule has 0 aliphatic carbocycles. The lowest BCUT2D eigenvalue weighted by atomic mass is 10.1. The number of hydrogen-bond donors (Lipinski definition) is 3. The molecule has 0 atom stereocenters. The Labute approximate surface area is 126 Å². The standard InChI is InChI=1S/C12H15BrN4O2S/c1-8-4-9(6-14)5-10(12(8)13)20(18,19)17-7-11-15-2-3-16-11/h2-5,17H,6-7,14H2,1H3,(H,15,16). The van der Waals surface area contributed by atoms with Gasteiger partial charge in [0.2, 0.25) is 10.0 Å². The lowest BCUT2D eigenvalue weighted by Crippen LogP contribution is -2.24. The predicted octanol–water partition coefficient (Wildman–Crippen LogP) is 1.42. The number of aromatic nitrogens is 2. The zero-order valence-corrected chi connectivity index (χ0v) is 13.3. The minimum absolute atomic E-state index is 0.105. The van der Waals surface area contributed by atoms with E-state index in [1.54, 1.807) is 18.5 Å². The van der Waals surface area contributed by atoms with E-state index in [-0.39, 0.29) is 18.0 Å². The number of aromatic amines is 1. The van der Waals surface area contributed by atoms with Gasteiger partial charge in [-0.2, -0.15) is 0 Å². The van der Waals surface area contributed by atoms with Gasteiger partial charge in [0, 0.05) is 23.4 Å². The molecule has 1 aromatic carbocycles. The Hall–Kier alpha value is -1.22. The molecule has 6 nitrogen and oxygen atoms in total. The zero-order valence-electron chi connectivity index (χ0n) is 10.9. The fourth-order valence-corrected chi connectivity index (χ4v) is 3.81. The summed E-state index contributed by atoms with van der Waals surface area (Å²) in [6, 6.07) is 3.43. The topological polar surface area (TPSA) is 101 Å². The van der Waals surface area contributed by atoms with Crippen LogP contribution in [0.5, 0.6) is 0 Å². The highest BCUT2D eigenvalue weighted by Crippen LogP contribution is 2.27. The van der Waals surface area contributed by atoms with Crippen LogP contribution in [0.25, 0.3) is 0 Å². The van der Waals surface area contributed by atoms with Gasteiger partial charge in [-0.05, 0) is 40.0 Å². The minimum Gasteiger partial charge on any atom is -0.347 e. The van der Waals surface area contributed by atoms with Gasteiger partial charge in [0.15, 0.2) is 0 Å². The summed E-state index contributed by atoms with van der Waals surface area (Å²) in [6.07, 6.45) is 3.21. The SMILES string of the molecule is Cc1cc(CN)cc(S(=O)(=O)NCc2ncc[nH]2)c1Br. The summed E-state index contributed by atoms with van der Waals surface area (Å²) < 4.78 is 27.7. The van der Waals surface area contributed by atoms with Crippen LogP contribution in [0.15, 0.2) is 33.9 Å². The molecule has 0 aliphatic rings. The Balaban J connectivity index is 2.31. The fourth-order valence-electron chi connectivity index (χ4n) is 1.76. The Morgan fingerprint density at radius 2 is 2.20 bits per heavy atom. The van der Waals surface area contributed by atoms with Crippen LogP contribution < -0.4 is 10.5 Å². The molecular weight excluding hydrogens is 344 g/mol. The molecule has 8 heteroatoms. The van der Waals surface area contributed by atoms with Gasteiger partial charge >= 0.3 is 0 Å². The van der Waals surface area contributed by atoms with Crippen LogP contribution in [0.4, 0.5) is 0 Å². The molecule has 2 aromatic rings. The number of benzene rings is 1. The van der Waals surface area contributed by atoms with E-state index < -0.39 is 10.0 Å². The van der Waals surface area contributed by atoms with Crippen LogP contribution in [-0.4, -0.2) is 18.4 Å². The van der Waals surface area contributed by atoms with Crippen molar-refractivity contribution in [1.82, 2.24) is 14.7 Å². The summed E-state index contributed by atoms with van der Waals surface area (Å²) >= 11 is 3.31. The fraction of sp³-hybridized carbons (Fsp3) is 0.250. The maximum absolute atomic E-state index is 12.3. The van der Waals surface area contributed by atoms with E-state index in [1.807, 2.05) is 13.0 Å². The average molecular weight is 359 g/mol. The number of imidazole rings is 1. The van der Waals surface area contributed by atoms with E-state index >= 15 is 0 Å². The van der Waals surface area contributed by atoms with Gasteiger partial charge in [-0.15, -0.1) is 0 Å². The molecule has 2 rings (SSSR count). The molecule has 0 fully saturated rings. The van der Waals surface area contributed by atoms with Crippen LogP contribution in [0.2, 0.25) is 0 Å². The first-order valence-electron chi connectivity index (χ1n) is 5.91. The molecule has 0 unspecified atom stereocenters. The second-order valence-electron chi connectivity index (χ2n) is 4.29. The van der Waals surface area contributed by atoms with Gasteiger partial charge < -0.3 is 10.7 Å². The number of sulfonamides is 1. The molecule has 0 saturated carbocycles. The first-order chi connectivity index (χ1) is 9.44. The third-order valence-corrected chi connectivity index (χ3v) is 5.53. The summed E-state index contributed by atoms with van der Waals surface area (Å²) in [5, 5.41) is 0. The second-order valence-corrected chi connectivity index (χ2v) is 6.82. The molecule has 20 heavy (non-hydrogen) atoms. The molecule has 0 radical (unpaired) electrons. The Bertz CT molecular complexity index is 698. The number of nitrogens with two attached hydrogens (primary N) is 1. The van der Waals surface area contributed by atoms with E-state index in [4.69, 9.17) is 5.73 Å². The minimum atomic E-state index is -3.63. The summed E-state index contributed by atoms with van der Waals surface area (Å²) in [5.74, 6) is 0.552. The highest BCUT2D eigenvalue weighted by atomic mass is 79.9. The van der Waals surface area contributed by atoms with Crippen molar-refractivity contribution in [3.05, 3.63) is 46.0 Å². The van der Waals surface area contributed by atoms with Crippen LogP contribution in [0, 0.1) is 6.92 Å². The third kappa shape index (κ3) is 3.26. The highest BCUT2D eigenvalue weighted by molar-refractivity contribution is 9.10. The zero-order chi connectivity index (χ0) is 14.8. The van der Waals surface area contributed by atoms with Gasteiger partial charge in [0.1, 0.15) is 5.82 Å². The number of aryl methyl sites for hydroxylation is 1. The second kappa shape index (κ2) is 6.04. The van der Waals surface area contributed by atoms with Crippen molar-refractivity contribution >= 4 is 26.0 Å². The van der Waals surface area contributed by atoms with E-state index in [0.29, 0.717) is 10.3 Å². The van der Waals surface area contributed by atoms with Crippen molar-refractivity contribution in [2.45, 2.75) is 24.9 Å². The first-order valence-corrected chi connectivity index (χ1v) is 8.18. The van der Waals surface area contributed by atoms with Crippen LogP contribution in [0.1, 0.15) is 17.0 Å². The number of H-pyrrole nitrogens is 1. The Kier molecular flexibility index (Phi) is 4.59. The molecule has 1 heterocycles. The molecule has 0 amide bonds. The maximum atomic E-state index is 12.3. The Morgan fingerprint density at radius 1 is 1.45 bits per heavy atom. The third-order valence-electron chi connectivity index (χ3n) is 2.79. The lowest BCUT2D eigenvalue weighted by molar-refractivity contribution is 0.579. The number of nitrogens with zero attached hydrogens (tertiary/aromatic N) is 1. The molecular formula is C12H15BrN4O2S. The monoisotopic (exact) mass is 358 g/mol. The van der Waals surface area contributed by atoms with E-state index in [0.717, 1.165) is 11.1 Å². The van der Waals surface area contributed by atoms with Crippen molar-refractivity contribution in [2.75, 3.05) is 0 Å². The molecule has 0 saturated heterocycles. The summed E-state index contributed by atoms with van der Waals surface area (Å²) in [7, 11) is -3.63. The van der Waals surface area contributed by atoms with Crippen molar-refractivity contribution in [3.8, 4) is 0 Å². The van der Waals surface area contributed by atoms with Gasteiger partial charge in [-0.25, -0.2) is 18.1 Å². The summed E-state index contributed by atoms with van der Waals surface area (Å²) in [5.41, 5.74) is 7.18.